The molecule has 0 spiro atoms. The Hall–Kier alpha value is -3.40. The number of carbonyl (C=O) groups is 2. The van der Waals surface area contributed by atoms with E-state index >= 15 is 0 Å². The molecule has 168 valence electrons. The molecule has 0 fully saturated rings. The molecule has 0 saturated carbocycles. The zero-order chi connectivity index (χ0) is 23.1. The summed E-state index contributed by atoms with van der Waals surface area (Å²) < 4.78 is 20.1. The minimum atomic E-state index is -0.404. The van der Waals surface area contributed by atoms with E-state index < -0.39 is 5.82 Å². The Morgan fingerprint density at radius 1 is 1.16 bits per heavy atom. The molecule has 0 aliphatic heterocycles. The molecule has 10 heteroatoms. The highest BCUT2D eigenvalue weighted by Gasteiger charge is 2.15. The van der Waals surface area contributed by atoms with Crippen LogP contribution in [0.15, 0.2) is 47.6 Å². The van der Waals surface area contributed by atoms with Gasteiger partial charge in [0.2, 0.25) is 5.91 Å². The maximum atomic E-state index is 13.0. The van der Waals surface area contributed by atoms with Gasteiger partial charge in [-0.05, 0) is 55.8 Å². The van der Waals surface area contributed by atoms with E-state index in [9.17, 15) is 14.0 Å². The van der Waals surface area contributed by atoms with Crippen molar-refractivity contribution in [3.8, 4) is 5.75 Å². The average molecular weight is 458 g/mol. The van der Waals surface area contributed by atoms with Crippen LogP contribution in [0.2, 0.25) is 0 Å². The van der Waals surface area contributed by atoms with E-state index in [0.29, 0.717) is 34.5 Å². The summed E-state index contributed by atoms with van der Waals surface area (Å²) in [6.45, 7) is 4.59. The van der Waals surface area contributed by atoms with Crippen LogP contribution in [0.4, 0.5) is 10.1 Å². The van der Waals surface area contributed by atoms with E-state index in [2.05, 4.69) is 20.8 Å². The molecular formula is C22H24FN5O3S. The van der Waals surface area contributed by atoms with E-state index in [-0.39, 0.29) is 24.1 Å². The summed E-state index contributed by atoms with van der Waals surface area (Å²) in [6, 6.07) is 10.8. The van der Waals surface area contributed by atoms with Crippen LogP contribution in [-0.4, -0.2) is 39.4 Å². The average Bonchev–Trinajstić information content (AvgIpc) is 3.18. The van der Waals surface area contributed by atoms with Gasteiger partial charge in [0.1, 0.15) is 11.6 Å². The second kappa shape index (κ2) is 10.8. The van der Waals surface area contributed by atoms with Crippen molar-refractivity contribution in [1.29, 1.82) is 0 Å². The van der Waals surface area contributed by atoms with Gasteiger partial charge in [0, 0.05) is 12.1 Å². The van der Waals surface area contributed by atoms with E-state index in [1.165, 1.54) is 36.0 Å². The highest BCUT2D eigenvalue weighted by atomic mass is 32.2. The fraction of sp³-hybridized carbons (Fsp3) is 0.273. The number of hydrogen-bond acceptors (Lipinski definition) is 6. The van der Waals surface area contributed by atoms with Crippen molar-refractivity contribution >= 4 is 29.3 Å². The summed E-state index contributed by atoms with van der Waals surface area (Å²) in [5.41, 5.74) is 1.97. The second-order valence-corrected chi connectivity index (χ2v) is 7.82. The molecule has 0 aliphatic carbocycles. The monoisotopic (exact) mass is 457 g/mol. The molecule has 0 atom stereocenters. The number of amides is 2. The Morgan fingerprint density at radius 3 is 2.59 bits per heavy atom. The normalized spacial score (nSPS) is 10.6. The number of benzene rings is 2. The molecule has 0 unspecified atom stereocenters. The summed E-state index contributed by atoms with van der Waals surface area (Å²) in [4.78, 5) is 24.7. The zero-order valence-electron chi connectivity index (χ0n) is 18.0. The van der Waals surface area contributed by atoms with Crippen molar-refractivity contribution in [1.82, 2.24) is 20.1 Å². The predicted molar refractivity (Wildman–Crippen MR) is 120 cm³/mol. The second-order valence-electron chi connectivity index (χ2n) is 6.87. The first kappa shape index (κ1) is 23.3. The van der Waals surface area contributed by atoms with E-state index in [4.69, 9.17) is 4.74 Å². The van der Waals surface area contributed by atoms with Gasteiger partial charge in [-0.2, -0.15) is 0 Å². The van der Waals surface area contributed by atoms with Crippen LogP contribution in [-0.2, 0) is 17.9 Å². The van der Waals surface area contributed by atoms with Crippen molar-refractivity contribution in [3.05, 3.63) is 65.2 Å². The molecule has 1 aromatic heterocycles. The quantitative estimate of drug-likeness (QED) is 0.478. The van der Waals surface area contributed by atoms with E-state index in [1.54, 1.807) is 13.2 Å². The third kappa shape index (κ3) is 5.85. The lowest BCUT2D eigenvalue weighted by atomic mass is 10.2. The van der Waals surface area contributed by atoms with Gasteiger partial charge in [-0.1, -0.05) is 17.8 Å². The SMILES string of the molecule is CCn1c(CNC(=O)c2ccc(F)cc2)nnc1SCC(=O)Nc1cc(C)ccc1OC. The third-order valence-electron chi connectivity index (χ3n) is 4.58. The number of aryl methyl sites for hydroxylation is 1. The number of anilines is 1. The summed E-state index contributed by atoms with van der Waals surface area (Å²) in [6.07, 6.45) is 0. The molecule has 8 nitrogen and oxygen atoms in total. The van der Waals surface area contributed by atoms with Crippen LogP contribution in [0, 0.1) is 12.7 Å². The third-order valence-corrected chi connectivity index (χ3v) is 5.55. The van der Waals surface area contributed by atoms with Crippen molar-refractivity contribution in [2.75, 3.05) is 18.2 Å². The number of nitrogens with one attached hydrogen (secondary N) is 2. The number of carbonyl (C=O) groups excluding carboxylic acids is 2. The molecule has 0 saturated heterocycles. The van der Waals surface area contributed by atoms with Gasteiger partial charge in [-0.3, -0.25) is 9.59 Å². The minimum Gasteiger partial charge on any atom is -0.495 e. The van der Waals surface area contributed by atoms with Crippen LogP contribution >= 0.6 is 11.8 Å². The molecule has 3 rings (SSSR count). The van der Waals surface area contributed by atoms with Gasteiger partial charge in [-0.25, -0.2) is 4.39 Å². The van der Waals surface area contributed by atoms with Crippen molar-refractivity contribution in [2.45, 2.75) is 32.1 Å². The Bertz CT molecular complexity index is 1100. The first-order chi connectivity index (χ1) is 15.4. The van der Waals surface area contributed by atoms with Gasteiger partial charge in [-0.15, -0.1) is 10.2 Å². The predicted octanol–water partition coefficient (Wildman–Crippen LogP) is 3.41. The van der Waals surface area contributed by atoms with Crippen LogP contribution in [0.25, 0.3) is 0 Å². The molecule has 2 aromatic carbocycles. The number of methoxy groups -OCH3 is 1. The smallest absolute Gasteiger partial charge is 0.251 e. The first-order valence-corrected chi connectivity index (χ1v) is 10.9. The summed E-state index contributed by atoms with van der Waals surface area (Å²) in [5, 5.41) is 14.5. The fourth-order valence-corrected chi connectivity index (χ4v) is 3.79. The number of thioether (sulfide) groups is 1. The van der Waals surface area contributed by atoms with Gasteiger partial charge in [0.05, 0.1) is 25.1 Å². The van der Waals surface area contributed by atoms with Gasteiger partial charge in [0.15, 0.2) is 11.0 Å². The summed E-state index contributed by atoms with van der Waals surface area (Å²) in [5.74, 6) is 0.346. The molecule has 32 heavy (non-hydrogen) atoms. The fourth-order valence-electron chi connectivity index (χ4n) is 2.97. The highest BCUT2D eigenvalue weighted by Crippen LogP contribution is 2.26. The highest BCUT2D eigenvalue weighted by molar-refractivity contribution is 7.99. The molecule has 0 radical (unpaired) electrons. The summed E-state index contributed by atoms with van der Waals surface area (Å²) in [7, 11) is 1.55. The Balaban J connectivity index is 1.58. The minimum absolute atomic E-state index is 0.136. The lowest BCUT2D eigenvalue weighted by Gasteiger charge is -2.11. The lowest BCUT2D eigenvalue weighted by Crippen LogP contribution is -2.24. The molecule has 2 amide bonds. The van der Waals surface area contributed by atoms with Gasteiger partial charge in [0.25, 0.3) is 5.91 Å². The van der Waals surface area contributed by atoms with E-state index in [0.717, 1.165) is 5.56 Å². The molecule has 0 bridgehead atoms. The molecule has 0 aliphatic rings. The topological polar surface area (TPSA) is 98.1 Å². The molecular weight excluding hydrogens is 433 g/mol. The zero-order valence-corrected chi connectivity index (χ0v) is 18.8. The number of aromatic nitrogens is 3. The Labute approximate surface area is 189 Å². The van der Waals surface area contributed by atoms with Crippen LogP contribution in [0.1, 0.15) is 28.7 Å². The largest absolute Gasteiger partial charge is 0.495 e. The lowest BCUT2D eigenvalue weighted by molar-refractivity contribution is -0.113. The molecule has 2 N–H and O–H groups in total. The van der Waals surface area contributed by atoms with Crippen molar-refractivity contribution in [3.63, 3.8) is 0 Å². The van der Waals surface area contributed by atoms with Crippen LogP contribution < -0.4 is 15.4 Å². The number of ether oxygens (including phenoxy) is 1. The first-order valence-electron chi connectivity index (χ1n) is 9.94. The Morgan fingerprint density at radius 2 is 1.91 bits per heavy atom. The van der Waals surface area contributed by atoms with Gasteiger partial charge >= 0.3 is 0 Å². The number of halogens is 1. The number of hydrogen-bond donors (Lipinski definition) is 2. The molecule has 1 heterocycles. The van der Waals surface area contributed by atoms with Crippen LogP contribution in [0.5, 0.6) is 5.75 Å². The standard InChI is InChI=1S/C22H24FN5O3S/c1-4-28-19(12-24-21(30)15-6-8-16(23)9-7-15)26-27-22(28)32-13-20(29)25-17-11-14(2)5-10-18(17)31-3/h5-11H,4,12-13H2,1-3H3,(H,24,30)(H,25,29). The number of nitrogens with zero attached hydrogens (tertiary/aromatic N) is 3. The maximum absolute atomic E-state index is 13.0. The summed E-state index contributed by atoms with van der Waals surface area (Å²) >= 11 is 1.25. The number of rotatable bonds is 9. The van der Waals surface area contributed by atoms with Crippen LogP contribution in [0.3, 0.4) is 0 Å². The van der Waals surface area contributed by atoms with Crippen molar-refractivity contribution < 1.29 is 18.7 Å². The van der Waals surface area contributed by atoms with Crippen molar-refractivity contribution in [2.24, 2.45) is 0 Å². The maximum Gasteiger partial charge on any atom is 0.251 e. The van der Waals surface area contributed by atoms with E-state index in [1.807, 2.05) is 30.5 Å². The Kier molecular flexibility index (Phi) is 7.82. The van der Waals surface area contributed by atoms with Gasteiger partial charge < -0.3 is 19.9 Å². The molecule has 3 aromatic rings.